The Morgan fingerprint density at radius 2 is 1.92 bits per heavy atom. The summed E-state index contributed by atoms with van der Waals surface area (Å²) in [6.07, 6.45) is 0. The summed E-state index contributed by atoms with van der Waals surface area (Å²) < 4.78 is 10.6. The molecule has 24 heavy (non-hydrogen) atoms. The fourth-order valence-corrected chi connectivity index (χ4v) is 2.25. The van der Waals surface area contributed by atoms with Crippen molar-refractivity contribution in [3.8, 4) is 0 Å². The Morgan fingerprint density at radius 1 is 1.17 bits per heavy atom. The molecule has 0 saturated carbocycles. The van der Waals surface area contributed by atoms with Crippen LogP contribution in [-0.4, -0.2) is 18.6 Å². The summed E-state index contributed by atoms with van der Waals surface area (Å²) in [4.78, 5) is 20.3. The van der Waals surface area contributed by atoms with Gasteiger partial charge in [0.05, 0.1) is 12.3 Å². The Kier molecular flexibility index (Phi) is 4.75. The van der Waals surface area contributed by atoms with Crippen molar-refractivity contribution in [1.82, 2.24) is 0 Å². The summed E-state index contributed by atoms with van der Waals surface area (Å²) in [5.74, 6) is -0.530. The van der Waals surface area contributed by atoms with E-state index in [4.69, 9.17) is 20.8 Å². The fourth-order valence-electron chi connectivity index (χ4n) is 2.13. The van der Waals surface area contributed by atoms with Crippen LogP contribution in [0.4, 0.5) is 11.4 Å². The van der Waals surface area contributed by atoms with Crippen molar-refractivity contribution in [2.24, 2.45) is 9.98 Å². The lowest BCUT2D eigenvalue weighted by Crippen LogP contribution is -2.03. The van der Waals surface area contributed by atoms with E-state index >= 15 is 0 Å². The van der Waals surface area contributed by atoms with Gasteiger partial charge in [-0.2, -0.15) is 9.98 Å². The number of furan rings is 1. The maximum Gasteiger partial charge on any atom is 0.376 e. The van der Waals surface area contributed by atoms with E-state index in [0.29, 0.717) is 27.4 Å². The zero-order valence-corrected chi connectivity index (χ0v) is 13.6. The number of rotatable bonds is 4. The van der Waals surface area contributed by atoms with Gasteiger partial charge < -0.3 is 9.15 Å². The number of aliphatic imine (C=N–C) groups is 2. The molecular weight excluding hydrogens is 328 g/mol. The zero-order valence-electron chi connectivity index (χ0n) is 12.8. The van der Waals surface area contributed by atoms with Gasteiger partial charge in [0.25, 0.3) is 0 Å². The van der Waals surface area contributed by atoms with Gasteiger partial charge in [0.1, 0.15) is 17.3 Å². The summed E-state index contributed by atoms with van der Waals surface area (Å²) in [5, 5.41) is 1.32. The van der Waals surface area contributed by atoms with E-state index in [-0.39, 0.29) is 12.4 Å². The number of esters is 1. The van der Waals surface area contributed by atoms with E-state index in [1.54, 1.807) is 37.3 Å². The van der Waals surface area contributed by atoms with Gasteiger partial charge in [-0.3, -0.25) is 0 Å². The molecule has 0 N–H and O–H groups in total. The minimum absolute atomic E-state index is 0.0388. The SMILES string of the molecule is CCOC(=O)c1oc2ccccc2c1N=C=Nc1ccc(Cl)cc1. The van der Waals surface area contributed by atoms with Crippen LogP contribution in [0.5, 0.6) is 0 Å². The summed E-state index contributed by atoms with van der Waals surface area (Å²) in [7, 11) is 0. The quantitative estimate of drug-likeness (QED) is 0.471. The van der Waals surface area contributed by atoms with E-state index in [1.807, 2.05) is 18.2 Å². The van der Waals surface area contributed by atoms with Gasteiger partial charge in [-0.25, -0.2) is 4.79 Å². The van der Waals surface area contributed by atoms with Crippen LogP contribution in [0.15, 0.2) is 62.9 Å². The number of hydrogen-bond acceptors (Lipinski definition) is 5. The largest absolute Gasteiger partial charge is 0.460 e. The highest BCUT2D eigenvalue weighted by molar-refractivity contribution is 6.30. The molecule has 0 spiro atoms. The Morgan fingerprint density at radius 3 is 2.67 bits per heavy atom. The van der Waals surface area contributed by atoms with Crippen molar-refractivity contribution in [1.29, 1.82) is 0 Å². The molecular formula is C18H13ClN2O3. The third-order valence-corrected chi connectivity index (χ3v) is 3.45. The van der Waals surface area contributed by atoms with Gasteiger partial charge in [-0.05, 0) is 43.3 Å². The smallest absolute Gasteiger partial charge is 0.376 e. The highest BCUT2D eigenvalue weighted by Crippen LogP contribution is 2.33. The van der Waals surface area contributed by atoms with E-state index in [1.165, 1.54) is 0 Å². The second kappa shape index (κ2) is 7.13. The molecule has 0 aliphatic rings. The van der Waals surface area contributed by atoms with Crippen molar-refractivity contribution in [2.45, 2.75) is 6.92 Å². The number of halogens is 1. The van der Waals surface area contributed by atoms with Crippen LogP contribution < -0.4 is 0 Å². The van der Waals surface area contributed by atoms with E-state index in [0.717, 1.165) is 0 Å². The minimum Gasteiger partial charge on any atom is -0.460 e. The average molecular weight is 341 g/mol. The van der Waals surface area contributed by atoms with Gasteiger partial charge in [-0.1, -0.05) is 23.7 Å². The van der Waals surface area contributed by atoms with Crippen LogP contribution in [0, 0.1) is 0 Å². The topological polar surface area (TPSA) is 64.2 Å². The number of benzene rings is 2. The lowest BCUT2D eigenvalue weighted by molar-refractivity contribution is 0.0494. The number of nitrogens with zero attached hydrogens (tertiary/aromatic N) is 2. The van der Waals surface area contributed by atoms with Crippen molar-refractivity contribution in [2.75, 3.05) is 6.61 Å². The molecule has 0 bridgehead atoms. The molecule has 6 heteroatoms. The molecule has 1 aromatic heterocycles. The lowest BCUT2D eigenvalue weighted by atomic mass is 10.2. The summed E-state index contributed by atoms with van der Waals surface area (Å²) in [6, 6.07) is 16.7. The van der Waals surface area contributed by atoms with E-state index in [2.05, 4.69) is 16.0 Å². The fraction of sp³-hybridized carbons (Fsp3) is 0.111. The van der Waals surface area contributed by atoms with Gasteiger partial charge >= 0.3 is 5.97 Å². The first-order valence-corrected chi connectivity index (χ1v) is 7.67. The Labute approximate surface area is 143 Å². The second-order valence-corrected chi connectivity index (χ2v) is 5.23. The minimum atomic E-state index is -0.569. The van der Waals surface area contributed by atoms with Gasteiger partial charge in [0, 0.05) is 10.4 Å². The van der Waals surface area contributed by atoms with Crippen LogP contribution >= 0.6 is 11.6 Å². The van der Waals surface area contributed by atoms with Crippen LogP contribution in [0.3, 0.4) is 0 Å². The van der Waals surface area contributed by atoms with Crippen molar-refractivity contribution in [3.63, 3.8) is 0 Å². The van der Waals surface area contributed by atoms with Crippen LogP contribution in [0.1, 0.15) is 17.5 Å². The molecule has 1 heterocycles. The molecule has 0 aliphatic heterocycles. The van der Waals surface area contributed by atoms with Gasteiger partial charge in [0.2, 0.25) is 5.76 Å². The first-order valence-electron chi connectivity index (χ1n) is 7.29. The summed E-state index contributed by atoms with van der Waals surface area (Å²) in [5.41, 5.74) is 1.54. The molecule has 2 aromatic carbocycles. The van der Waals surface area contributed by atoms with Gasteiger partial charge in [0.15, 0.2) is 0 Å². The Hall–Kier alpha value is -2.88. The average Bonchev–Trinajstić information content (AvgIpc) is 2.96. The second-order valence-electron chi connectivity index (χ2n) is 4.80. The summed E-state index contributed by atoms with van der Waals surface area (Å²) in [6.45, 7) is 1.98. The standard InChI is InChI=1S/C18H13ClN2O3/c1-2-23-18(22)17-16(14-5-3-4-6-15(14)24-17)21-11-20-13-9-7-12(19)8-10-13/h3-10H,2H2,1H3. The number of fused-ring (bicyclic) bond motifs is 1. The molecule has 5 nitrogen and oxygen atoms in total. The molecule has 0 radical (unpaired) electrons. The number of para-hydroxylation sites is 1. The van der Waals surface area contributed by atoms with Crippen LogP contribution in [0.2, 0.25) is 5.02 Å². The normalized spacial score (nSPS) is 10.2. The number of carbonyl (C=O) groups is 1. The van der Waals surface area contributed by atoms with Gasteiger partial charge in [-0.15, -0.1) is 0 Å². The molecule has 0 unspecified atom stereocenters. The first-order chi connectivity index (χ1) is 11.7. The predicted molar refractivity (Wildman–Crippen MR) is 92.8 cm³/mol. The highest BCUT2D eigenvalue weighted by Gasteiger charge is 2.21. The Balaban J connectivity index is 2.03. The van der Waals surface area contributed by atoms with Crippen LogP contribution in [-0.2, 0) is 4.74 Å². The Bertz CT molecular complexity index is 939. The van der Waals surface area contributed by atoms with Crippen molar-refractivity contribution >= 4 is 45.9 Å². The predicted octanol–water partition coefficient (Wildman–Crippen LogP) is 5.40. The maximum atomic E-state index is 12.1. The third-order valence-electron chi connectivity index (χ3n) is 3.20. The monoisotopic (exact) mass is 340 g/mol. The molecule has 120 valence electrons. The maximum absolute atomic E-state index is 12.1. The first kappa shape index (κ1) is 16.0. The molecule has 0 saturated heterocycles. The number of ether oxygens (including phenoxy) is 1. The molecule has 3 aromatic rings. The molecule has 0 fully saturated rings. The summed E-state index contributed by atoms with van der Waals surface area (Å²) >= 11 is 5.83. The molecule has 0 amide bonds. The van der Waals surface area contributed by atoms with Crippen LogP contribution in [0.25, 0.3) is 11.0 Å². The zero-order chi connectivity index (χ0) is 16.9. The molecule has 3 rings (SSSR count). The van der Waals surface area contributed by atoms with E-state index in [9.17, 15) is 4.79 Å². The van der Waals surface area contributed by atoms with Crippen molar-refractivity contribution < 1.29 is 13.9 Å². The lowest BCUT2D eigenvalue weighted by Gasteiger charge is -1.97. The highest BCUT2D eigenvalue weighted by atomic mass is 35.5. The van der Waals surface area contributed by atoms with Crippen molar-refractivity contribution in [3.05, 3.63) is 59.3 Å². The number of hydrogen-bond donors (Lipinski definition) is 0. The molecule has 0 atom stereocenters. The third kappa shape index (κ3) is 3.38. The molecule has 0 aliphatic carbocycles. The number of carbonyl (C=O) groups excluding carboxylic acids is 1. The van der Waals surface area contributed by atoms with E-state index < -0.39 is 5.97 Å².